The molecule has 0 aromatic heterocycles. The Hall–Kier alpha value is -0.870. The number of benzene rings is 1. The molecule has 0 radical (unpaired) electrons. The van der Waals surface area contributed by atoms with Gasteiger partial charge in [-0.3, -0.25) is 4.79 Å². The van der Waals surface area contributed by atoms with Crippen molar-refractivity contribution < 1.29 is 9.53 Å². The van der Waals surface area contributed by atoms with Crippen molar-refractivity contribution >= 4 is 27.5 Å². The van der Waals surface area contributed by atoms with Gasteiger partial charge in [-0.15, -0.1) is 0 Å². The smallest absolute Gasteiger partial charge is 0.232 e. The lowest BCUT2D eigenvalue weighted by Crippen LogP contribution is -2.44. The first-order valence-corrected chi connectivity index (χ1v) is 7.97. The normalized spacial score (nSPS) is 24.6. The van der Waals surface area contributed by atoms with Gasteiger partial charge in [0.25, 0.3) is 0 Å². The largest absolute Gasteiger partial charge is 0.381 e. The van der Waals surface area contributed by atoms with E-state index in [-0.39, 0.29) is 17.2 Å². The van der Waals surface area contributed by atoms with Gasteiger partial charge in [0.05, 0.1) is 12.5 Å². The van der Waals surface area contributed by atoms with Crippen LogP contribution in [0.2, 0.25) is 0 Å². The maximum atomic E-state index is 12.7. The summed E-state index contributed by atoms with van der Waals surface area (Å²) in [5, 5.41) is 0. The summed E-state index contributed by atoms with van der Waals surface area (Å²) in [5.41, 5.74) is 2.45. The number of carbonyl (C=O) groups is 1. The molecule has 3 nitrogen and oxygen atoms in total. The summed E-state index contributed by atoms with van der Waals surface area (Å²) in [7, 11) is 0. The van der Waals surface area contributed by atoms with E-state index < -0.39 is 0 Å². The molecule has 2 aliphatic heterocycles. The zero-order chi connectivity index (χ0) is 14.3. The van der Waals surface area contributed by atoms with E-state index in [1.807, 2.05) is 4.90 Å². The summed E-state index contributed by atoms with van der Waals surface area (Å²) in [5.74, 6) is 0.250. The number of rotatable bonds is 1. The molecule has 1 atom stereocenters. The maximum absolute atomic E-state index is 12.7. The van der Waals surface area contributed by atoms with Crippen molar-refractivity contribution in [2.75, 3.05) is 24.7 Å². The Morgan fingerprint density at radius 2 is 2.25 bits per heavy atom. The van der Waals surface area contributed by atoms with Gasteiger partial charge in [-0.05, 0) is 36.0 Å². The van der Waals surface area contributed by atoms with Gasteiger partial charge < -0.3 is 9.64 Å². The minimum absolute atomic E-state index is 0.0306. The zero-order valence-corrected chi connectivity index (χ0v) is 13.6. The van der Waals surface area contributed by atoms with Crippen molar-refractivity contribution in [3.63, 3.8) is 0 Å². The lowest BCUT2D eigenvalue weighted by molar-refractivity contribution is -0.122. The molecule has 4 heteroatoms. The number of amides is 1. The molecule has 1 aromatic carbocycles. The van der Waals surface area contributed by atoms with E-state index in [1.54, 1.807) is 0 Å². The molecule has 0 spiro atoms. The standard InChI is InChI=1S/C16H20BrNO2/c1-16(2)6-7-18(15(19)11-5-8-20-10-11)14-9-12(17)3-4-13(14)16/h3-4,9,11H,5-8,10H2,1-2H3/t11-/m1/s1. The molecule has 0 aliphatic carbocycles. The highest BCUT2D eigenvalue weighted by Gasteiger charge is 2.36. The maximum Gasteiger partial charge on any atom is 0.232 e. The number of hydrogen-bond acceptors (Lipinski definition) is 2. The molecule has 1 fully saturated rings. The molecule has 2 heterocycles. The van der Waals surface area contributed by atoms with Crippen LogP contribution < -0.4 is 4.90 Å². The first-order chi connectivity index (χ1) is 9.49. The first-order valence-electron chi connectivity index (χ1n) is 7.18. The Balaban J connectivity index is 1.98. The molecule has 0 saturated carbocycles. The third-order valence-corrected chi connectivity index (χ3v) is 4.98. The van der Waals surface area contributed by atoms with Crippen LogP contribution in [0.1, 0.15) is 32.3 Å². The van der Waals surface area contributed by atoms with Gasteiger partial charge in [0.2, 0.25) is 5.91 Å². The summed E-state index contributed by atoms with van der Waals surface area (Å²) >= 11 is 3.53. The van der Waals surface area contributed by atoms with Crippen LogP contribution in [0.4, 0.5) is 5.69 Å². The number of carbonyl (C=O) groups excluding carboxylic acids is 1. The summed E-state index contributed by atoms with van der Waals surface area (Å²) in [6.07, 6.45) is 1.85. The lowest BCUT2D eigenvalue weighted by Gasteiger charge is -2.40. The third-order valence-electron chi connectivity index (χ3n) is 4.49. The van der Waals surface area contributed by atoms with Crippen LogP contribution in [-0.4, -0.2) is 25.7 Å². The summed E-state index contributed by atoms with van der Waals surface area (Å²) in [4.78, 5) is 14.7. The topological polar surface area (TPSA) is 29.5 Å². The number of nitrogens with zero attached hydrogens (tertiary/aromatic N) is 1. The fourth-order valence-corrected chi connectivity index (χ4v) is 3.47. The van der Waals surface area contributed by atoms with Crippen LogP contribution in [-0.2, 0) is 14.9 Å². The van der Waals surface area contributed by atoms with E-state index >= 15 is 0 Å². The summed E-state index contributed by atoms with van der Waals surface area (Å²) in [6.45, 7) is 6.58. The van der Waals surface area contributed by atoms with Crippen LogP contribution in [0, 0.1) is 5.92 Å². The second-order valence-electron chi connectivity index (χ2n) is 6.35. The predicted octanol–water partition coefficient (Wildman–Crippen LogP) is 3.50. The van der Waals surface area contributed by atoms with E-state index in [0.717, 1.165) is 29.5 Å². The SMILES string of the molecule is CC1(C)CCN(C(=O)[C@@H]2CCOC2)c2cc(Br)ccc21. The van der Waals surface area contributed by atoms with Gasteiger partial charge in [-0.25, -0.2) is 0 Å². The zero-order valence-electron chi connectivity index (χ0n) is 12.0. The second-order valence-corrected chi connectivity index (χ2v) is 7.26. The highest BCUT2D eigenvalue weighted by molar-refractivity contribution is 9.10. The highest BCUT2D eigenvalue weighted by Crippen LogP contribution is 2.41. The average Bonchev–Trinajstić information content (AvgIpc) is 2.91. The van der Waals surface area contributed by atoms with Crippen molar-refractivity contribution in [3.8, 4) is 0 Å². The van der Waals surface area contributed by atoms with Crippen LogP contribution in [0.3, 0.4) is 0 Å². The van der Waals surface area contributed by atoms with Gasteiger partial charge >= 0.3 is 0 Å². The number of anilines is 1. The lowest BCUT2D eigenvalue weighted by atomic mass is 9.77. The molecule has 3 rings (SSSR count). The van der Waals surface area contributed by atoms with Gasteiger partial charge in [0.1, 0.15) is 0 Å². The number of hydrogen-bond donors (Lipinski definition) is 0. The van der Waals surface area contributed by atoms with Crippen molar-refractivity contribution in [1.29, 1.82) is 0 Å². The van der Waals surface area contributed by atoms with E-state index in [1.165, 1.54) is 5.56 Å². The summed E-state index contributed by atoms with van der Waals surface area (Å²) in [6, 6.07) is 6.28. The van der Waals surface area contributed by atoms with Gasteiger partial charge in [0, 0.05) is 23.3 Å². The van der Waals surface area contributed by atoms with Crippen molar-refractivity contribution in [2.45, 2.75) is 32.1 Å². The molecule has 108 valence electrons. The van der Waals surface area contributed by atoms with Crippen LogP contribution in [0.25, 0.3) is 0 Å². The molecular formula is C16H20BrNO2. The fourth-order valence-electron chi connectivity index (χ4n) is 3.13. The second kappa shape index (κ2) is 5.15. The minimum atomic E-state index is 0.0306. The van der Waals surface area contributed by atoms with E-state index in [4.69, 9.17) is 4.74 Å². The number of halogens is 1. The van der Waals surface area contributed by atoms with E-state index in [9.17, 15) is 4.79 Å². The van der Waals surface area contributed by atoms with Gasteiger partial charge in [-0.1, -0.05) is 35.8 Å². The molecule has 1 aromatic rings. The Morgan fingerprint density at radius 3 is 2.95 bits per heavy atom. The molecule has 0 unspecified atom stereocenters. The highest BCUT2D eigenvalue weighted by atomic mass is 79.9. The number of ether oxygens (including phenoxy) is 1. The first kappa shape index (κ1) is 14.1. The van der Waals surface area contributed by atoms with Crippen LogP contribution in [0.5, 0.6) is 0 Å². The predicted molar refractivity (Wildman–Crippen MR) is 83.1 cm³/mol. The molecule has 1 saturated heterocycles. The van der Waals surface area contributed by atoms with Crippen molar-refractivity contribution in [1.82, 2.24) is 0 Å². The molecule has 20 heavy (non-hydrogen) atoms. The van der Waals surface area contributed by atoms with E-state index in [0.29, 0.717) is 13.2 Å². The molecule has 0 bridgehead atoms. The van der Waals surface area contributed by atoms with Gasteiger partial charge in [-0.2, -0.15) is 0 Å². The number of fused-ring (bicyclic) bond motifs is 1. The molecule has 0 N–H and O–H groups in total. The van der Waals surface area contributed by atoms with Crippen LogP contribution >= 0.6 is 15.9 Å². The average molecular weight is 338 g/mol. The minimum Gasteiger partial charge on any atom is -0.381 e. The fraction of sp³-hybridized carbons (Fsp3) is 0.562. The monoisotopic (exact) mass is 337 g/mol. The molecule has 1 amide bonds. The van der Waals surface area contributed by atoms with Gasteiger partial charge in [0.15, 0.2) is 0 Å². The van der Waals surface area contributed by atoms with Crippen molar-refractivity contribution in [3.05, 3.63) is 28.2 Å². The third kappa shape index (κ3) is 2.40. The Bertz CT molecular complexity index is 535. The summed E-state index contributed by atoms with van der Waals surface area (Å²) < 4.78 is 6.39. The van der Waals surface area contributed by atoms with Crippen molar-refractivity contribution in [2.24, 2.45) is 5.92 Å². The Kier molecular flexibility index (Phi) is 3.63. The molecular weight excluding hydrogens is 318 g/mol. The van der Waals surface area contributed by atoms with E-state index in [2.05, 4.69) is 48.0 Å². The quantitative estimate of drug-likeness (QED) is 0.784. The Labute approximate surface area is 128 Å². The molecule has 2 aliphatic rings. The van der Waals surface area contributed by atoms with Crippen LogP contribution in [0.15, 0.2) is 22.7 Å². The Morgan fingerprint density at radius 1 is 1.45 bits per heavy atom.